The van der Waals surface area contributed by atoms with Crippen LogP contribution in [-0.2, 0) is 0 Å². The molecule has 0 fully saturated rings. The third kappa shape index (κ3) is 2.70. The molecule has 20 heavy (non-hydrogen) atoms. The van der Waals surface area contributed by atoms with Gasteiger partial charge in [-0.05, 0) is 44.5 Å². The molecule has 0 saturated heterocycles. The van der Waals surface area contributed by atoms with Crippen LogP contribution in [0, 0.1) is 6.92 Å². The zero-order valence-electron chi connectivity index (χ0n) is 11.8. The van der Waals surface area contributed by atoms with E-state index in [4.69, 9.17) is 16.3 Å². The van der Waals surface area contributed by atoms with Crippen LogP contribution in [0.5, 0.6) is 5.75 Å². The van der Waals surface area contributed by atoms with Crippen LogP contribution in [-0.4, -0.2) is 29.1 Å². The van der Waals surface area contributed by atoms with Gasteiger partial charge in [0.25, 0.3) is 0 Å². The maximum absolute atomic E-state index is 12.1. The highest BCUT2D eigenvalue weighted by Gasteiger charge is 2.17. The normalized spacial score (nSPS) is 10.6. The van der Waals surface area contributed by atoms with Crippen molar-refractivity contribution in [2.24, 2.45) is 0 Å². The highest BCUT2D eigenvalue weighted by molar-refractivity contribution is 6.35. The highest BCUT2D eigenvalue weighted by atomic mass is 35.5. The number of amides is 1. The second-order valence-electron chi connectivity index (χ2n) is 4.44. The summed E-state index contributed by atoms with van der Waals surface area (Å²) in [5, 5.41) is 1.38. The molecule has 0 aliphatic rings. The Bertz CT molecular complexity index is 639. The average molecular weight is 293 g/mol. The van der Waals surface area contributed by atoms with Gasteiger partial charge in [0.15, 0.2) is 5.75 Å². The molecule has 2 rings (SSSR count). The number of halogens is 1. The molecular weight excluding hydrogens is 276 g/mol. The second kappa shape index (κ2) is 6.09. The number of hydrogen-bond donors (Lipinski definition) is 0. The third-order valence-electron chi connectivity index (χ3n) is 3.19. The largest absolute Gasteiger partial charge is 0.415 e. The molecule has 5 heteroatoms. The van der Waals surface area contributed by atoms with Gasteiger partial charge < -0.3 is 9.64 Å². The number of pyridine rings is 1. The maximum atomic E-state index is 12.1. The van der Waals surface area contributed by atoms with Crippen molar-refractivity contribution in [3.63, 3.8) is 0 Å². The van der Waals surface area contributed by atoms with E-state index in [1.54, 1.807) is 23.2 Å². The summed E-state index contributed by atoms with van der Waals surface area (Å²) in [7, 11) is 0. The first-order valence-electron chi connectivity index (χ1n) is 6.59. The lowest BCUT2D eigenvalue weighted by atomic mass is 10.1. The van der Waals surface area contributed by atoms with E-state index in [2.05, 4.69) is 4.98 Å². The van der Waals surface area contributed by atoms with E-state index in [-0.39, 0.29) is 6.09 Å². The number of carbonyl (C=O) groups is 1. The molecule has 106 valence electrons. The number of rotatable bonds is 3. The second-order valence-corrected chi connectivity index (χ2v) is 4.85. The standard InChI is InChI=1S/C15H17ClN2O2/c1-4-18(5-2)15(19)20-14-10(3)9-12(16)11-7-6-8-17-13(11)14/h6-9H,4-5H2,1-3H3. The molecule has 1 heterocycles. The fourth-order valence-corrected chi connectivity index (χ4v) is 2.38. The van der Waals surface area contributed by atoms with Crippen molar-refractivity contribution in [2.75, 3.05) is 13.1 Å². The number of aromatic nitrogens is 1. The predicted octanol–water partition coefficient (Wildman–Crippen LogP) is 4.04. The molecule has 0 radical (unpaired) electrons. The Morgan fingerprint density at radius 3 is 2.75 bits per heavy atom. The summed E-state index contributed by atoms with van der Waals surface area (Å²) in [5.74, 6) is 0.474. The number of benzene rings is 1. The summed E-state index contributed by atoms with van der Waals surface area (Å²) in [4.78, 5) is 18.0. The van der Waals surface area contributed by atoms with Gasteiger partial charge in [0.1, 0.15) is 5.52 Å². The molecule has 2 aromatic rings. The van der Waals surface area contributed by atoms with Gasteiger partial charge in [-0.3, -0.25) is 4.98 Å². The Balaban J connectivity index is 2.47. The summed E-state index contributed by atoms with van der Waals surface area (Å²) in [6.45, 7) is 6.89. The summed E-state index contributed by atoms with van der Waals surface area (Å²) >= 11 is 6.20. The van der Waals surface area contributed by atoms with Gasteiger partial charge in [-0.25, -0.2) is 4.79 Å². The number of aryl methyl sites for hydroxylation is 1. The minimum atomic E-state index is -0.368. The molecule has 0 bridgehead atoms. The van der Waals surface area contributed by atoms with Crippen molar-refractivity contribution in [1.82, 2.24) is 9.88 Å². The predicted molar refractivity (Wildman–Crippen MR) is 80.4 cm³/mol. The minimum Gasteiger partial charge on any atom is -0.408 e. The van der Waals surface area contributed by atoms with Gasteiger partial charge in [-0.15, -0.1) is 0 Å². The van der Waals surface area contributed by atoms with Gasteiger partial charge in [0.05, 0.1) is 5.02 Å². The molecule has 1 aromatic heterocycles. The quantitative estimate of drug-likeness (QED) is 0.857. The number of hydrogen-bond acceptors (Lipinski definition) is 3. The van der Waals surface area contributed by atoms with Crippen LogP contribution in [0.15, 0.2) is 24.4 Å². The fraction of sp³-hybridized carbons (Fsp3) is 0.333. The molecule has 0 aliphatic heterocycles. The molecule has 0 spiro atoms. The Morgan fingerprint density at radius 2 is 2.10 bits per heavy atom. The van der Waals surface area contributed by atoms with Crippen molar-refractivity contribution in [3.05, 3.63) is 35.0 Å². The molecule has 4 nitrogen and oxygen atoms in total. The fourth-order valence-electron chi connectivity index (χ4n) is 2.06. The third-order valence-corrected chi connectivity index (χ3v) is 3.51. The van der Waals surface area contributed by atoms with E-state index in [1.807, 2.05) is 26.8 Å². The zero-order chi connectivity index (χ0) is 14.7. The van der Waals surface area contributed by atoms with Gasteiger partial charge in [0.2, 0.25) is 0 Å². The Labute approximate surface area is 123 Å². The summed E-state index contributed by atoms with van der Waals surface area (Å²) < 4.78 is 5.52. The van der Waals surface area contributed by atoms with E-state index in [0.29, 0.717) is 29.4 Å². The number of nitrogens with zero attached hydrogens (tertiary/aromatic N) is 2. The van der Waals surface area contributed by atoms with Crippen molar-refractivity contribution >= 4 is 28.6 Å². The summed E-state index contributed by atoms with van der Waals surface area (Å²) in [6.07, 6.45) is 1.29. The molecule has 1 amide bonds. The Morgan fingerprint density at radius 1 is 1.40 bits per heavy atom. The van der Waals surface area contributed by atoms with Crippen LogP contribution in [0.2, 0.25) is 5.02 Å². The van der Waals surface area contributed by atoms with Crippen LogP contribution in [0.1, 0.15) is 19.4 Å². The van der Waals surface area contributed by atoms with Crippen molar-refractivity contribution in [1.29, 1.82) is 0 Å². The maximum Gasteiger partial charge on any atom is 0.415 e. The van der Waals surface area contributed by atoms with Crippen molar-refractivity contribution in [3.8, 4) is 5.75 Å². The number of ether oxygens (including phenoxy) is 1. The topological polar surface area (TPSA) is 42.4 Å². The Hall–Kier alpha value is -1.81. The monoisotopic (exact) mass is 292 g/mol. The molecule has 0 saturated carbocycles. The van der Waals surface area contributed by atoms with Crippen LogP contribution in [0.25, 0.3) is 10.9 Å². The number of carbonyl (C=O) groups excluding carboxylic acids is 1. The van der Waals surface area contributed by atoms with Crippen LogP contribution < -0.4 is 4.74 Å². The lowest BCUT2D eigenvalue weighted by Gasteiger charge is -2.19. The van der Waals surface area contributed by atoms with E-state index < -0.39 is 0 Å². The summed E-state index contributed by atoms with van der Waals surface area (Å²) in [6, 6.07) is 5.45. The lowest BCUT2D eigenvalue weighted by molar-refractivity contribution is 0.157. The minimum absolute atomic E-state index is 0.368. The first kappa shape index (κ1) is 14.6. The van der Waals surface area contributed by atoms with Crippen LogP contribution >= 0.6 is 11.6 Å². The van der Waals surface area contributed by atoms with Gasteiger partial charge in [-0.2, -0.15) is 0 Å². The zero-order valence-corrected chi connectivity index (χ0v) is 12.6. The van der Waals surface area contributed by atoms with Gasteiger partial charge in [0, 0.05) is 24.7 Å². The van der Waals surface area contributed by atoms with Crippen molar-refractivity contribution in [2.45, 2.75) is 20.8 Å². The molecule has 1 aromatic carbocycles. The van der Waals surface area contributed by atoms with Crippen LogP contribution in [0.3, 0.4) is 0 Å². The first-order valence-corrected chi connectivity index (χ1v) is 6.96. The van der Waals surface area contributed by atoms with E-state index in [1.165, 1.54) is 0 Å². The molecule has 0 aliphatic carbocycles. The molecular formula is C15H17ClN2O2. The summed E-state index contributed by atoms with van der Waals surface area (Å²) in [5.41, 5.74) is 1.40. The lowest BCUT2D eigenvalue weighted by Crippen LogP contribution is -2.33. The van der Waals surface area contributed by atoms with E-state index in [0.717, 1.165) is 10.9 Å². The molecule has 0 N–H and O–H groups in total. The van der Waals surface area contributed by atoms with Crippen molar-refractivity contribution < 1.29 is 9.53 Å². The van der Waals surface area contributed by atoms with Crippen LogP contribution in [0.4, 0.5) is 4.79 Å². The molecule has 0 unspecified atom stereocenters. The highest BCUT2D eigenvalue weighted by Crippen LogP contribution is 2.33. The molecule has 0 atom stereocenters. The number of fused-ring (bicyclic) bond motifs is 1. The smallest absolute Gasteiger partial charge is 0.408 e. The Kier molecular flexibility index (Phi) is 4.45. The van der Waals surface area contributed by atoms with E-state index >= 15 is 0 Å². The average Bonchev–Trinajstić information content (AvgIpc) is 2.45. The SMILES string of the molecule is CCN(CC)C(=O)Oc1c(C)cc(Cl)c2cccnc12. The first-order chi connectivity index (χ1) is 9.58. The van der Waals surface area contributed by atoms with E-state index in [9.17, 15) is 4.79 Å². The van der Waals surface area contributed by atoms with Gasteiger partial charge >= 0.3 is 6.09 Å². The van der Waals surface area contributed by atoms with Gasteiger partial charge in [-0.1, -0.05) is 11.6 Å².